The molecular formula is C22H16F3N3O3S. The number of nitrogens with zero attached hydrogens (tertiary/aromatic N) is 2. The van der Waals surface area contributed by atoms with Crippen molar-refractivity contribution in [2.75, 3.05) is 11.9 Å². The molecule has 32 heavy (non-hydrogen) atoms. The Labute approximate surface area is 185 Å². The number of benzene rings is 2. The van der Waals surface area contributed by atoms with Crippen LogP contribution in [0.4, 0.5) is 18.9 Å². The number of hydrogen-bond donors (Lipinski definition) is 1. The lowest BCUT2D eigenvalue weighted by molar-refractivity contribution is -0.137. The zero-order valence-corrected chi connectivity index (χ0v) is 17.5. The van der Waals surface area contributed by atoms with Crippen LogP contribution in [0.15, 0.2) is 48.5 Å². The zero-order valence-electron chi connectivity index (χ0n) is 16.7. The molecule has 10 heteroatoms. The van der Waals surface area contributed by atoms with Crippen LogP contribution in [-0.2, 0) is 22.1 Å². The van der Waals surface area contributed by atoms with Crippen molar-refractivity contribution in [1.82, 2.24) is 4.98 Å². The summed E-state index contributed by atoms with van der Waals surface area (Å²) >= 11 is 0.971. The molecule has 2 aromatic carbocycles. The summed E-state index contributed by atoms with van der Waals surface area (Å²) in [7, 11) is 0. The summed E-state index contributed by atoms with van der Waals surface area (Å²) in [4.78, 5) is 28.8. The number of amides is 1. The van der Waals surface area contributed by atoms with E-state index in [-0.39, 0.29) is 11.3 Å². The highest BCUT2D eigenvalue weighted by Gasteiger charge is 2.30. The molecule has 1 amide bonds. The van der Waals surface area contributed by atoms with E-state index in [1.54, 1.807) is 31.2 Å². The molecule has 3 aromatic rings. The minimum atomic E-state index is -4.44. The number of anilines is 1. The molecule has 0 saturated heterocycles. The number of aromatic nitrogens is 1. The fourth-order valence-electron chi connectivity index (χ4n) is 2.70. The highest BCUT2D eigenvalue weighted by atomic mass is 32.1. The van der Waals surface area contributed by atoms with E-state index in [0.717, 1.165) is 29.0 Å². The van der Waals surface area contributed by atoms with Gasteiger partial charge >= 0.3 is 12.1 Å². The molecule has 0 spiro atoms. The minimum Gasteiger partial charge on any atom is -0.451 e. The summed E-state index contributed by atoms with van der Waals surface area (Å²) in [6.07, 6.45) is -4.18. The number of nitriles is 1. The van der Waals surface area contributed by atoms with E-state index in [9.17, 15) is 22.8 Å². The van der Waals surface area contributed by atoms with Gasteiger partial charge in [0.25, 0.3) is 5.91 Å². The smallest absolute Gasteiger partial charge is 0.416 e. The van der Waals surface area contributed by atoms with Gasteiger partial charge in [0, 0.05) is 11.3 Å². The molecule has 0 atom stereocenters. The molecule has 0 aliphatic carbocycles. The van der Waals surface area contributed by atoms with Crippen molar-refractivity contribution in [3.63, 3.8) is 0 Å². The second-order valence-corrected chi connectivity index (χ2v) is 7.66. The zero-order chi connectivity index (χ0) is 23.3. The predicted molar refractivity (Wildman–Crippen MR) is 112 cm³/mol. The largest absolute Gasteiger partial charge is 0.451 e. The van der Waals surface area contributed by atoms with Crippen molar-refractivity contribution in [3.05, 3.63) is 70.2 Å². The van der Waals surface area contributed by atoms with Crippen LogP contribution in [0, 0.1) is 18.3 Å². The monoisotopic (exact) mass is 459 g/mol. The standard InChI is InChI=1S/C22H16F3N3O3S/c1-13-19(32-20(27-13)15-4-6-16(7-5-15)22(23,24)25)21(30)31-12-18(29)28-17-8-2-14(3-9-17)10-11-26/h2-9H,10,12H2,1H3,(H,28,29). The van der Waals surface area contributed by atoms with Crippen LogP contribution in [0.1, 0.15) is 26.5 Å². The van der Waals surface area contributed by atoms with Crippen LogP contribution in [0.25, 0.3) is 10.6 Å². The first kappa shape index (κ1) is 23.0. The number of aryl methyl sites for hydroxylation is 1. The van der Waals surface area contributed by atoms with Crippen LogP contribution in [0.5, 0.6) is 0 Å². The molecule has 0 saturated carbocycles. The van der Waals surface area contributed by atoms with Gasteiger partial charge in [-0.05, 0) is 36.8 Å². The van der Waals surface area contributed by atoms with E-state index in [1.165, 1.54) is 12.1 Å². The van der Waals surface area contributed by atoms with E-state index < -0.39 is 30.2 Å². The molecule has 0 radical (unpaired) electrons. The van der Waals surface area contributed by atoms with E-state index in [0.29, 0.717) is 22.0 Å². The van der Waals surface area contributed by atoms with Gasteiger partial charge in [0.2, 0.25) is 0 Å². The Balaban J connectivity index is 1.60. The summed E-state index contributed by atoms with van der Waals surface area (Å²) in [5, 5.41) is 11.6. The maximum atomic E-state index is 12.7. The Morgan fingerprint density at radius 3 is 2.38 bits per heavy atom. The third-order valence-corrected chi connectivity index (χ3v) is 5.48. The number of esters is 1. The number of carbonyl (C=O) groups excluding carboxylic acids is 2. The Kier molecular flexibility index (Phi) is 6.90. The van der Waals surface area contributed by atoms with Gasteiger partial charge in [-0.25, -0.2) is 9.78 Å². The van der Waals surface area contributed by atoms with Gasteiger partial charge in [-0.3, -0.25) is 4.79 Å². The molecule has 0 fully saturated rings. The highest BCUT2D eigenvalue weighted by molar-refractivity contribution is 7.17. The van der Waals surface area contributed by atoms with Crippen molar-refractivity contribution in [1.29, 1.82) is 5.26 Å². The van der Waals surface area contributed by atoms with E-state index in [2.05, 4.69) is 10.3 Å². The van der Waals surface area contributed by atoms with Crippen molar-refractivity contribution >= 4 is 28.9 Å². The second kappa shape index (κ2) is 9.62. The van der Waals surface area contributed by atoms with Gasteiger partial charge in [0.1, 0.15) is 9.88 Å². The van der Waals surface area contributed by atoms with Crippen LogP contribution in [0.2, 0.25) is 0 Å². The number of hydrogen-bond acceptors (Lipinski definition) is 6. The van der Waals surface area contributed by atoms with Crippen LogP contribution < -0.4 is 5.32 Å². The minimum absolute atomic E-state index is 0.161. The molecule has 1 aromatic heterocycles. The molecule has 6 nitrogen and oxygen atoms in total. The number of halogens is 3. The first-order valence-electron chi connectivity index (χ1n) is 9.25. The number of nitrogens with one attached hydrogen (secondary N) is 1. The summed E-state index contributed by atoms with van der Waals surface area (Å²) in [5.41, 5.74) is 1.30. The number of carbonyl (C=O) groups is 2. The number of alkyl halides is 3. The fourth-order valence-corrected chi connectivity index (χ4v) is 3.67. The molecule has 0 unspecified atom stereocenters. The van der Waals surface area contributed by atoms with Crippen LogP contribution >= 0.6 is 11.3 Å². The third-order valence-electron chi connectivity index (χ3n) is 4.30. The number of thiazole rings is 1. The lowest BCUT2D eigenvalue weighted by Gasteiger charge is -2.07. The fraction of sp³-hybridized carbons (Fsp3) is 0.182. The molecule has 0 aliphatic heterocycles. The normalized spacial score (nSPS) is 11.0. The van der Waals surface area contributed by atoms with Gasteiger partial charge in [0.05, 0.1) is 23.7 Å². The van der Waals surface area contributed by atoms with Crippen molar-refractivity contribution in [2.24, 2.45) is 0 Å². The van der Waals surface area contributed by atoms with Crippen LogP contribution in [0.3, 0.4) is 0 Å². The first-order valence-corrected chi connectivity index (χ1v) is 10.1. The summed E-state index contributed by atoms with van der Waals surface area (Å²) in [6, 6.07) is 13.2. The Morgan fingerprint density at radius 1 is 1.12 bits per heavy atom. The van der Waals surface area contributed by atoms with E-state index in [1.807, 2.05) is 6.07 Å². The maximum Gasteiger partial charge on any atom is 0.416 e. The molecule has 0 aliphatic rings. The topological polar surface area (TPSA) is 92.1 Å². The Morgan fingerprint density at radius 2 is 1.78 bits per heavy atom. The molecule has 0 bridgehead atoms. The Bertz CT molecular complexity index is 1160. The predicted octanol–water partition coefficient (Wildman–Crippen LogP) is 5.00. The van der Waals surface area contributed by atoms with E-state index >= 15 is 0 Å². The highest BCUT2D eigenvalue weighted by Crippen LogP contribution is 2.33. The number of rotatable bonds is 6. The maximum absolute atomic E-state index is 12.7. The average Bonchev–Trinajstić information content (AvgIpc) is 3.15. The summed E-state index contributed by atoms with van der Waals surface area (Å²) in [6.45, 7) is 1.05. The molecule has 164 valence electrons. The molecular weight excluding hydrogens is 443 g/mol. The molecule has 1 N–H and O–H groups in total. The van der Waals surface area contributed by atoms with Crippen molar-refractivity contribution in [3.8, 4) is 16.6 Å². The quantitative estimate of drug-likeness (QED) is 0.524. The van der Waals surface area contributed by atoms with Crippen LogP contribution in [-0.4, -0.2) is 23.5 Å². The van der Waals surface area contributed by atoms with E-state index in [4.69, 9.17) is 10.00 Å². The lowest BCUT2D eigenvalue weighted by atomic mass is 10.1. The lowest BCUT2D eigenvalue weighted by Crippen LogP contribution is -2.20. The second-order valence-electron chi connectivity index (χ2n) is 6.66. The third kappa shape index (κ3) is 5.70. The molecule has 3 rings (SSSR count). The first-order chi connectivity index (χ1) is 15.2. The summed E-state index contributed by atoms with van der Waals surface area (Å²) < 4.78 is 43.2. The van der Waals surface area contributed by atoms with Gasteiger partial charge in [-0.1, -0.05) is 24.3 Å². The average molecular weight is 459 g/mol. The Hall–Kier alpha value is -3.71. The SMILES string of the molecule is Cc1nc(-c2ccc(C(F)(F)F)cc2)sc1C(=O)OCC(=O)Nc1ccc(CC#N)cc1. The summed E-state index contributed by atoms with van der Waals surface area (Å²) in [5.74, 6) is -1.30. The van der Waals surface area contributed by atoms with Crippen molar-refractivity contribution in [2.45, 2.75) is 19.5 Å². The van der Waals surface area contributed by atoms with Crippen molar-refractivity contribution < 1.29 is 27.5 Å². The molecule has 1 heterocycles. The van der Waals surface area contributed by atoms with Gasteiger partial charge in [0.15, 0.2) is 6.61 Å². The van der Waals surface area contributed by atoms with Gasteiger partial charge < -0.3 is 10.1 Å². The number of ether oxygens (including phenoxy) is 1. The van der Waals surface area contributed by atoms with Gasteiger partial charge in [-0.15, -0.1) is 11.3 Å². The van der Waals surface area contributed by atoms with Gasteiger partial charge in [-0.2, -0.15) is 18.4 Å².